The van der Waals surface area contributed by atoms with Crippen LogP contribution >= 0.6 is 0 Å². The lowest BCUT2D eigenvalue weighted by Crippen LogP contribution is -2.09. The molecule has 0 heterocycles. The van der Waals surface area contributed by atoms with Gasteiger partial charge in [0.05, 0.1) is 5.69 Å². The monoisotopic (exact) mass is 181 g/mol. The number of carbonyl (C=O) groups is 1. The van der Waals surface area contributed by atoms with Gasteiger partial charge in [-0.15, -0.1) is 0 Å². The van der Waals surface area contributed by atoms with Crippen molar-refractivity contribution in [3.05, 3.63) is 18.2 Å². The van der Waals surface area contributed by atoms with Crippen LogP contribution in [0.4, 0.5) is 5.69 Å². The Bertz CT molecular complexity index is 323. The number of amides is 1. The first-order chi connectivity index (χ1) is 6.13. The molecule has 1 amide bonds. The lowest BCUT2D eigenvalue weighted by molar-refractivity contribution is -0.115. The van der Waals surface area contributed by atoms with E-state index in [9.17, 15) is 9.90 Å². The number of hydrogen-bond donors (Lipinski definition) is 3. The summed E-state index contributed by atoms with van der Waals surface area (Å²) in [6.07, 6.45) is 0.328. The fourth-order valence-electron chi connectivity index (χ4n) is 0.863. The van der Waals surface area contributed by atoms with Crippen molar-refractivity contribution >= 4 is 11.6 Å². The highest BCUT2D eigenvalue weighted by molar-refractivity contribution is 5.92. The number of phenolic OH excluding ortho intramolecular Hbond substituents is 2. The largest absolute Gasteiger partial charge is 0.508 e. The van der Waals surface area contributed by atoms with Crippen LogP contribution in [0.1, 0.15) is 13.3 Å². The molecule has 0 fully saturated rings. The second kappa shape index (κ2) is 3.80. The molecule has 13 heavy (non-hydrogen) atoms. The van der Waals surface area contributed by atoms with Gasteiger partial charge in [-0.05, 0) is 12.1 Å². The summed E-state index contributed by atoms with van der Waals surface area (Å²) >= 11 is 0. The molecular formula is C9H11NO3. The molecule has 0 atom stereocenters. The summed E-state index contributed by atoms with van der Waals surface area (Å²) < 4.78 is 0. The third kappa shape index (κ3) is 2.37. The summed E-state index contributed by atoms with van der Waals surface area (Å²) in [6, 6.07) is 3.96. The highest BCUT2D eigenvalue weighted by Gasteiger charge is 2.04. The first-order valence-electron chi connectivity index (χ1n) is 3.95. The molecule has 0 unspecified atom stereocenters. The van der Waals surface area contributed by atoms with Crippen LogP contribution in [0.3, 0.4) is 0 Å². The van der Waals surface area contributed by atoms with Crippen LogP contribution in [-0.2, 0) is 4.79 Å². The van der Waals surface area contributed by atoms with Crippen molar-refractivity contribution < 1.29 is 15.0 Å². The van der Waals surface area contributed by atoms with E-state index in [4.69, 9.17) is 5.11 Å². The molecule has 4 heteroatoms. The average Bonchev–Trinajstić information content (AvgIpc) is 2.11. The summed E-state index contributed by atoms with van der Waals surface area (Å²) in [5.74, 6) is -0.260. The van der Waals surface area contributed by atoms with E-state index in [1.54, 1.807) is 6.92 Å². The van der Waals surface area contributed by atoms with E-state index >= 15 is 0 Å². The molecule has 0 aliphatic carbocycles. The van der Waals surface area contributed by atoms with Crippen molar-refractivity contribution in [1.29, 1.82) is 0 Å². The number of benzene rings is 1. The van der Waals surface area contributed by atoms with Crippen LogP contribution in [0, 0.1) is 0 Å². The molecular weight excluding hydrogens is 170 g/mol. The van der Waals surface area contributed by atoms with Gasteiger partial charge in [0.15, 0.2) is 0 Å². The molecule has 0 spiro atoms. The van der Waals surface area contributed by atoms with Gasteiger partial charge in [-0.2, -0.15) is 0 Å². The minimum Gasteiger partial charge on any atom is -0.508 e. The van der Waals surface area contributed by atoms with E-state index < -0.39 is 0 Å². The Kier molecular flexibility index (Phi) is 2.74. The Morgan fingerprint density at radius 1 is 1.46 bits per heavy atom. The summed E-state index contributed by atoms with van der Waals surface area (Å²) in [6.45, 7) is 1.70. The zero-order chi connectivity index (χ0) is 9.84. The number of hydrogen-bond acceptors (Lipinski definition) is 3. The Morgan fingerprint density at radius 2 is 2.15 bits per heavy atom. The summed E-state index contributed by atoms with van der Waals surface area (Å²) in [5.41, 5.74) is 0.229. The van der Waals surface area contributed by atoms with Gasteiger partial charge in [-0.1, -0.05) is 6.92 Å². The predicted octanol–water partition coefficient (Wildman–Crippen LogP) is 1.45. The van der Waals surface area contributed by atoms with Crippen LogP contribution in [-0.4, -0.2) is 16.1 Å². The van der Waals surface area contributed by atoms with Gasteiger partial charge < -0.3 is 15.5 Å². The van der Waals surface area contributed by atoms with Crippen molar-refractivity contribution in [2.75, 3.05) is 5.32 Å². The third-order valence-electron chi connectivity index (χ3n) is 1.58. The van der Waals surface area contributed by atoms with Gasteiger partial charge in [-0.25, -0.2) is 0 Å². The van der Waals surface area contributed by atoms with Gasteiger partial charge >= 0.3 is 0 Å². The summed E-state index contributed by atoms with van der Waals surface area (Å²) in [5, 5.41) is 20.8. The number of carbonyl (C=O) groups excluding carboxylic acids is 1. The maximum Gasteiger partial charge on any atom is 0.224 e. The maximum atomic E-state index is 10.9. The number of anilines is 1. The van der Waals surface area contributed by atoms with E-state index in [2.05, 4.69) is 5.32 Å². The van der Waals surface area contributed by atoms with Crippen LogP contribution in [0.15, 0.2) is 18.2 Å². The van der Waals surface area contributed by atoms with Gasteiger partial charge in [0, 0.05) is 12.5 Å². The van der Waals surface area contributed by atoms with Crippen LogP contribution < -0.4 is 5.32 Å². The molecule has 1 aromatic rings. The van der Waals surface area contributed by atoms with E-state index in [1.165, 1.54) is 18.2 Å². The molecule has 1 rings (SSSR count). The second-order valence-corrected chi connectivity index (χ2v) is 2.60. The fourth-order valence-corrected chi connectivity index (χ4v) is 0.863. The van der Waals surface area contributed by atoms with E-state index in [0.717, 1.165) is 0 Å². The summed E-state index contributed by atoms with van der Waals surface area (Å²) in [4.78, 5) is 10.9. The highest BCUT2D eigenvalue weighted by atomic mass is 16.3. The normalized spacial score (nSPS) is 9.62. The van der Waals surface area contributed by atoms with Crippen LogP contribution in [0.5, 0.6) is 11.5 Å². The smallest absolute Gasteiger partial charge is 0.224 e. The van der Waals surface area contributed by atoms with Crippen molar-refractivity contribution in [2.45, 2.75) is 13.3 Å². The molecule has 0 aromatic heterocycles. The Balaban J connectivity index is 2.87. The lowest BCUT2D eigenvalue weighted by Gasteiger charge is -2.05. The maximum absolute atomic E-state index is 10.9. The molecule has 4 nitrogen and oxygen atoms in total. The van der Waals surface area contributed by atoms with Crippen LogP contribution in [0.25, 0.3) is 0 Å². The molecule has 70 valence electrons. The number of rotatable bonds is 2. The molecule has 0 bridgehead atoms. The summed E-state index contributed by atoms with van der Waals surface area (Å²) in [7, 11) is 0. The molecule has 0 saturated heterocycles. The quantitative estimate of drug-likeness (QED) is 0.477. The molecule has 1 aromatic carbocycles. The van der Waals surface area contributed by atoms with Crippen molar-refractivity contribution in [3.63, 3.8) is 0 Å². The standard InChI is InChI=1S/C9H11NO3/c1-2-9(13)10-7-5-6(11)3-4-8(7)12/h3-5,11-12H,2H2,1H3,(H,10,13). The predicted molar refractivity (Wildman–Crippen MR) is 48.7 cm³/mol. The third-order valence-corrected chi connectivity index (χ3v) is 1.58. The van der Waals surface area contributed by atoms with Gasteiger partial charge in [0.2, 0.25) is 5.91 Å². The first kappa shape index (κ1) is 9.38. The minimum atomic E-state index is -0.207. The SMILES string of the molecule is CCC(=O)Nc1cc(O)ccc1O. The van der Waals surface area contributed by atoms with Crippen LogP contribution in [0.2, 0.25) is 0 Å². The molecule has 0 saturated carbocycles. The van der Waals surface area contributed by atoms with E-state index in [1.807, 2.05) is 0 Å². The molecule has 0 aliphatic rings. The van der Waals surface area contributed by atoms with Crippen molar-refractivity contribution in [2.24, 2.45) is 0 Å². The number of nitrogens with one attached hydrogen (secondary N) is 1. The van der Waals surface area contributed by atoms with Crippen molar-refractivity contribution in [3.8, 4) is 11.5 Å². The Morgan fingerprint density at radius 3 is 2.77 bits per heavy atom. The van der Waals surface area contributed by atoms with Gasteiger partial charge in [-0.3, -0.25) is 4.79 Å². The van der Waals surface area contributed by atoms with Gasteiger partial charge in [0.25, 0.3) is 0 Å². The van der Waals surface area contributed by atoms with E-state index in [0.29, 0.717) is 6.42 Å². The number of aromatic hydroxyl groups is 2. The van der Waals surface area contributed by atoms with E-state index in [-0.39, 0.29) is 23.1 Å². The van der Waals surface area contributed by atoms with Gasteiger partial charge in [0.1, 0.15) is 11.5 Å². The average molecular weight is 181 g/mol. The minimum absolute atomic E-state index is 0.00389. The Hall–Kier alpha value is -1.71. The zero-order valence-corrected chi connectivity index (χ0v) is 7.24. The Labute approximate surface area is 75.8 Å². The topological polar surface area (TPSA) is 69.6 Å². The highest BCUT2D eigenvalue weighted by Crippen LogP contribution is 2.26. The second-order valence-electron chi connectivity index (χ2n) is 2.60. The first-order valence-corrected chi connectivity index (χ1v) is 3.95. The van der Waals surface area contributed by atoms with Crippen molar-refractivity contribution in [1.82, 2.24) is 0 Å². The number of phenols is 2. The molecule has 0 aliphatic heterocycles. The molecule has 0 radical (unpaired) electrons. The fraction of sp³-hybridized carbons (Fsp3) is 0.222. The molecule has 3 N–H and O–H groups in total. The lowest BCUT2D eigenvalue weighted by atomic mass is 10.2. The zero-order valence-electron chi connectivity index (χ0n) is 7.24.